The highest BCUT2D eigenvalue weighted by Crippen LogP contribution is 2.20. The molecule has 2 rings (SSSR count). The van der Waals surface area contributed by atoms with Crippen LogP contribution in [-0.4, -0.2) is 44.7 Å². The van der Waals surface area contributed by atoms with Crippen LogP contribution >= 0.6 is 0 Å². The number of anilines is 1. The third-order valence-corrected chi connectivity index (χ3v) is 5.73. The van der Waals surface area contributed by atoms with Gasteiger partial charge in [-0.25, -0.2) is 8.42 Å². The largest absolute Gasteiger partial charge is 0.434 e. The number of carbonyl (C=O) groups excluding carboxylic acids is 2. The Bertz CT molecular complexity index is 997. The van der Waals surface area contributed by atoms with Gasteiger partial charge in [-0.1, -0.05) is 18.2 Å². The van der Waals surface area contributed by atoms with Gasteiger partial charge in [-0.2, -0.15) is 13.1 Å². The Hall–Kier alpha value is -3.05. The van der Waals surface area contributed by atoms with Crippen molar-refractivity contribution >= 4 is 27.5 Å². The van der Waals surface area contributed by atoms with E-state index in [0.29, 0.717) is 11.3 Å². The molecule has 0 saturated carbocycles. The Morgan fingerprint density at radius 2 is 1.73 bits per heavy atom. The Kier molecular flexibility index (Phi) is 7.84. The van der Waals surface area contributed by atoms with E-state index in [-0.39, 0.29) is 23.1 Å². The number of ether oxygens (including phenoxy) is 1. The summed E-state index contributed by atoms with van der Waals surface area (Å²) in [6, 6.07) is 11.5. The molecular weight excluding hydrogens is 420 g/mol. The molecule has 2 aromatic rings. The number of hydrogen-bond acceptors (Lipinski definition) is 5. The number of likely N-dealkylation sites (N-methyl/N-ethyl adjacent to an activating group) is 1. The fourth-order valence-corrected chi connectivity index (χ4v) is 3.62. The van der Waals surface area contributed by atoms with Crippen molar-refractivity contribution in [3.63, 3.8) is 0 Å². The summed E-state index contributed by atoms with van der Waals surface area (Å²) in [5, 5.41) is 5.01. The van der Waals surface area contributed by atoms with E-state index < -0.39 is 29.1 Å². The first-order valence-electron chi connectivity index (χ1n) is 8.73. The van der Waals surface area contributed by atoms with Crippen molar-refractivity contribution < 1.29 is 31.5 Å². The summed E-state index contributed by atoms with van der Waals surface area (Å²) in [4.78, 5) is 23.1. The van der Waals surface area contributed by atoms with Crippen LogP contribution in [0.4, 0.5) is 14.5 Å². The van der Waals surface area contributed by atoms with Crippen molar-refractivity contribution in [3.8, 4) is 5.75 Å². The molecule has 0 atom stereocenters. The molecule has 162 valence electrons. The van der Waals surface area contributed by atoms with Crippen LogP contribution < -0.4 is 15.4 Å². The van der Waals surface area contributed by atoms with E-state index in [1.165, 1.54) is 56.4 Å². The number of halogens is 2. The second kappa shape index (κ2) is 10.1. The highest BCUT2D eigenvalue weighted by atomic mass is 32.2. The van der Waals surface area contributed by atoms with Crippen molar-refractivity contribution in [2.24, 2.45) is 0 Å². The number of alkyl halides is 2. The molecule has 0 fully saturated rings. The SMILES string of the molecule is CC(=O)Nc1ccc(S(=O)(=O)N(C)CC(=O)NCc2ccccc2OC(F)F)cc1. The summed E-state index contributed by atoms with van der Waals surface area (Å²) >= 11 is 0. The first-order valence-corrected chi connectivity index (χ1v) is 10.2. The predicted octanol–water partition coefficient (Wildman–Crippen LogP) is 2.18. The van der Waals surface area contributed by atoms with Crippen LogP contribution in [-0.2, 0) is 26.2 Å². The van der Waals surface area contributed by atoms with Gasteiger partial charge in [0, 0.05) is 31.8 Å². The molecule has 2 aromatic carbocycles. The molecule has 0 aliphatic carbocycles. The fraction of sp³-hybridized carbons (Fsp3) is 0.263. The second-order valence-corrected chi connectivity index (χ2v) is 8.27. The molecule has 0 radical (unpaired) electrons. The van der Waals surface area contributed by atoms with Gasteiger partial charge in [-0.05, 0) is 30.3 Å². The van der Waals surface area contributed by atoms with Crippen LogP contribution in [0.2, 0.25) is 0 Å². The third kappa shape index (κ3) is 6.49. The lowest BCUT2D eigenvalue weighted by Gasteiger charge is -2.17. The standard InChI is InChI=1S/C19H21F2N3O5S/c1-13(25)23-15-7-9-16(10-8-15)30(27,28)24(2)12-18(26)22-11-14-5-3-4-6-17(14)29-19(20)21/h3-10,19H,11-12H2,1-2H3,(H,22,26)(H,23,25). The number of nitrogens with zero attached hydrogens (tertiary/aromatic N) is 1. The fourth-order valence-electron chi connectivity index (χ4n) is 2.49. The summed E-state index contributed by atoms with van der Waals surface area (Å²) in [6.07, 6.45) is 0. The van der Waals surface area contributed by atoms with Crippen LogP contribution in [0.5, 0.6) is 5.75 Å². The summed E-state index contributed by atoms with van der Waals surface area (Å²) in [7, 11) is -2.71. The van der Waals surface area contributed by atoms with Crippen molar-refractivity contribution in [1.82, 2.24) is 9.62 Å². The van der Waals surface area contributed by atoms with Crippen LogP contribution in [0.1, 0.15) is 12.5 Å². The molecule has 0 spiro atoms. The van der Waals surface area contributed by atoms with Gasteiger partial charge in [0.05, 0.1) is 11.4 Å². The van der Waals surface area contributed by atoms with Crippen molar-refractivity contribution in [2.75, 3.05) is 18.9 Å². The highest BCUT2D eigenvalue weighted by Gasteiger charge is 2.23. The van der Waals surface area contributed by atoms with E-state index in [2.05, 4.69) is 15.4 Å². The van der Waals surface area contributed by atoms with E-state index in [1.807, 2.05) is 0 Å². The lowest BCUT2D eigenvalue weighted by Crippen LogP contribution is -2.38. The minimum Gasteiger partial charge on any atom is -0.434 e. The molecule has 2 N–H and O–H groups in total. The number of benzene rings is 2. The number of nitrogens with one attached hydrogen (secondary N) is 2. The highest BCUT2D eigenvalue weighted by molar-refractivity contribution is 7.89. The summed E-state index contributed by atoms with van der Waals surface area (Å²) in [6.45, 7) is -2.26. The number of amides is 2. The quantitative estimate of drug-likeness (QED) is 0.621. The molecular formula is C19H21F2N3O5S. The van der Waals surface area contributed by atoms with Crippen LogP contribution in [0.3, 0.4) is 0 Å². The first-order chi connectivity index (χ1) is 14.1. The smallest absolute Gasteiger partial charge is 0.387 e. The van der Waals surface area contributed by atoms with Crippen LogP contribution in [0, 0.1) is 0 Å². The molecule has 0 aliphatic rings. The van der Waals surface area contributed by atoms with Gasteiger partial charge in [-0.3, -0.25) is 9.59 Å². The van der Waals surface area contributed by atoms with Crippen molar-refractivity contribution in [3.05, 3.63) is 54.1 Å². The molecule has 8 nitrogen and oxygen atoms in total. The molecule has 0 bridgehead atoms. The van der Waals surface area contributed by atoms with Crippen LogP contribution in [0.15, 0.2) is 53.4 Å². The van der Waals surface area contributed by atoms with E-state index in [9.17, 15) is 26.8 Å². The lowest BCUT2D eigenvalue weighted by atomic mass is 10.2. The minimum absolute atomic E-state index is 0.0532. The summed E-state index contributed by atoms with van der Waals surface area (Å²) in [5.41, 5.74) is 0.761. The van der Waals surface area contributed by atoms with Crippen molar-refractivity contribution in [2.45, 2.75) is 25.0 Å². The third-order valence-electron chi connectivity index (χ3n) is 3.91. The van der Waals surface area contributed by atoms with E-state index in [4.69, 9.17) is 0 Å². The minimum atomic E-state index is -3.95. The maximum absolute atomic E-state index is 12.6. The lowest BCUT2D eigenvalue weighted by molar-refractivity contribution is -0.121. The van der Waals surface area contributed by atoms with Gasteiger partial charge in [0.2, 0.25) is 21.8 Å². The number of para-hydroxylation sites is 1. The molecule has 0 heterocycles. The molecule has 0 aromatic heterocycles. The molecule has 30 heavy (non-hydrogen) atoms. The monoisotopic (exact) mass is 441 g/mol. The van der Waals surface area contributed by atoms with Crippen LogP contribution in [0.25, 0.3) is 0 Å². The van der Waals surface area contributed by atoms with Gasteiger partial charge < -0.3 is 15.4 Å². The average Bonchev–Trinajstić information content (AvgIpc) is 2.66. The molecule has 0 unspecified atom stereocenters. The van der Waals surface area contributed by atoms with Gasteiger partial charge in [-0.15, -0.1) is 0 Å². The summed E-state index contributed by atoms with van der Waals surface area (Å²) in [5.74, 6) is -0.990. The average molecular weight is 441 g/mol. The van der Waals surface area contributed by atoms with E-state index in [0.717, 1.165) is 4.31 Å². The topological polar surface area (TPSA) is 105 Å². The zero-order valence-corrected chi connectivity index (χ0v) is 17.1. The number of carbonyl (C=O) groups is 2. The first kappa shape index (κ1) is 23.2. The van der Waals surface area contributed by atoms with Gasteiger partial charge in [0.1, 0.15) is 5.75 Å². The normalized spacial score (nSPS) is 11.4. The second-order valence-electron chi connectivity index (χ2n) is 6.23. The van der Waals surface area contributed by atoms with Gasteiger partial charge >= 0.3 is 6.61 Å². The molecule has 0 saturated heterocycles. The predicted molar refractivity (Wildman–Crippen MR) is 105 cm³/mol. The van der Waals surface area contributed by atoms with Crippen molar-refractivity contribution in [1.29, 1.82) is 0 Å². The maximum Gasteiger partial charge on any atom is 0.387 e. The molecule has 0 aliphatic heterocycles. The van der Waals surface area contributed by atoms with E-state index in [1.54, 1.807) is 6.07 Å². The molecule has 11 heteroatoms. The maximum atomic E-state index is 12.6. The van der Waals surface area contributed by atoms with Gasteiger partial charge in [0.25, 0.3) is 0 Å². The number of rotatable bonds is 9. The zero-order chi connectivity index (χ0) is 22.3. The van der Waals surface area contributed by atoms with Gasteiger partial charge in [0.15, 0.2) is 0 Å². The number of sulfonamides is 1. The molecule has 2 amide bonds. The van der Waals surface area contributed by atoms with E-state index >= 15 is 0 Å². The summed E-state index contributed by atoms with van der Waals surface area (Å²) < 4.78 is 55.4. The Balaban J connectivity index is 1.99. The Labute approximate surface area is 172 Å². The zero-order valence-electron chi connectivity index (χ0n) is 16.3. The Morgan fingerprint density at radius 3 is 2.33 bits per heavy atom. The number of hydrogen-bond donors (Lipinski definition) is 2. The Morgan fingerprint density at radius 1 is 1.10 bits per heavy atom.